The average Bonchev–Trinajstić information content (AvgIpc) is 2.99. The summed E-state index contributed by atoms with van der Waals surface area (Å²) < 4.78 is 64.8. The van der Waals surface area contributed by atoms with E-state index in [9.17, 15) is 36.7 Å². The predicted octanol–water partition coefficient (Wildman–Crippen LogP) is 3.72. The van der Waals surface area contributed by atoms with Crippen LogP contribution in [0.15, 0.2) is 83.5 Å². The number of halogens is 4. The first-order valence-corrected chi connectivity index (χ1v) is 12.0. The molecule has 1 aromatic heterocycles. The van der Waals surface area contributed by atoms with Crippen molar-refractivity contribution in [2.45, 2.75) is 13.1 Å². The number of nitrogens with two attached hydrogens (primary N) is 1. The van der Waals surface area contributed by atoms with Gasteiger partial charge in [0.15, 0.2) is 23.3 Å². The first-order valence-electron chi connectivity index (χ1n) is 12.0. The molecule has 230 valence electrons. The minimum Gasteiger partial charge on any atom is -0.504 e. The molecule has 0 spiro atoms. The summed E-state index contributed by atoms with van der Waals surface area (Å²) in [5.74, 6) is -6.50. The molecule has 3 rings (SSSR count). The molecule has 0 saturated carbocycles. The lowest BCUT2D eigenvalue weighted by Crippen LogP contribution is -2.26. The van der Waals surface area contributed by atoms with Crippen LogP contribution in [0.3, 0.4) is 0 Å². The van der Waals surface area contributed by atoms with Gasteiger partial charge in [0.2, 0.25) is 0 Å². The van der Waals surface area contributed by atoms with Gasteiger partial charge in [0, 0.05) is 12.7 Å². The Labute approximate surface area is 243 Å². The van der Waals surface area contributed by atoms with E-state index in [1.165, 1.54) is 70.2 Å². The number of methoxy groups -OCH3 is 3. The van der Waals surface area contributed by atoms with Gasteiger partial charge in [0.05, 0.1) is 34.1 Å². The van der Waals surface area contributed by atoms with Crippen LogP contribution in [-0.2, 0) is 36.9 Å². The van der Waals surface area contributed by atoms with E-state index in [-0.39, 0.29) is 24.2 Å². The Bertz CT molecular complexity index is 1520. The van der Waals surface area contributed by atoms with Crippen LogP contribution in [0.5, 0.6) is 0 Å². The van der Waals surface area contributed by atoms with Crippen molar-refractivity contribution in [3.8, 4) is 0 Å². The second-order valence-corrected chi connectivity index (χ2v) is 7.99. The van der Waals surface area contributed by atoms with Crippen LogP contribution in [-0.4, -0.2) is 48.9 Å². The molecular formula is C29H28F4N2O8. The van der Waals surface area contributed by atoms with E-state index in [0.717, 1.165) is 28.8 Å². The zero-order valence-electron chi connectivity index (χ0n) is 23.2. The Morgan fingerprint density at radius 2 is 1.40 bits per heavy atom. The van der Waals surface area contributed by atoms with E-state index in [1.807, 2.05) is 0 Å². The monoisotopic (exact) mass is 608 g/mol. The van der Waals surface area contributed by atoms with Crippen LogP contribution in [0.25, 0.3) is 0 Å². The highest BCUT2D eigenvalue weighted by Crippen LogP contribution is 2.10. The number of nitrogens with zero attached hydrogens (tertiary/aromatic N) is 1. The van der Waals surface area contributed by atoms with Crippen molar-refractivity contribution in [1.82, 2.24) is 4.57 Å². The van der Waals surface area contributed by atoms with Crippen LogP contribution in [0.4, 0.5) is 17.6 Å². The average molecular weight is 609 g/mol. The minimum absolute atomic E-state index is 0.0306. The number of allylic oxidation sites excluding steroid dienone is 2. The molecule has 0 atom stereocenters. The van der Waals surface area contributed by atoms with Crippen molar-refractivity contribution < 1.29 is 51.3 Å². The van der Waals surface area contributed by atoms with Gasteiger partial charge in [-0.3, -0.25) is 4.79 Å². The van der Waals surface area contributed by atoms with Crippen LogP contribution < -0.4 is 11.3 Å². The number of pyridine rings is 1. The third-order valence-corrected chi connectivity index (χ3v) is 5.10. The number of carbonyl (C=O) groups is 3. The van der Waals surface area contributed by atoms with E-state index in [2.05, 4.69) is 14.2 Å². The van der Waals surface area contributed by atoms with Crippen LogP contribution in [0, 0.1) is 23.3 Å². The largest absolute Gasteiger partial charge is 0.504 e. The van der Waals surface area contributed by atoms with Crippen LogP contribution in [0.2, 0.25) is 0 Å². The molecular weight excluding hydrogens is 580 g/mol. The molecule has 0 bridgehead atoms. The molecule has 0 unspecified atom stereocenters. The van der Waals surface area contributed by atoms with E-state index in [1.54, 1.807) is 0 Å². The Kier molecular flexibility index (Phi) is 15.2. The molecule has 43 heavy (non-hydrogen) atoms. The fourth-order valence-corrected chi connectivity index (χ4v) is 2.98. The van der Waals surface area contributed by atoms with E-state index < -0.39 is 46.7 Å². The third-order valence-electron chi connectivity index (χ3n) is 5.10. The summed E-state index contributed by atoms with van der Waals surface area (Å²) in [5.41, 5.74) is 4.88. The predicted molar refractivity (Wildman–Crippen MR) is 146 cm³/mol. The molecule has 0 amide bonds. The number of carboxylic acids is 1. The minimum atomic E-state index is -1.33. The molecule has 3 N–H and O–H groups in total. The van der Waals surface area contributed by atoms with E-state index >= 15 is 0 Å². The zero-order valence-corrected chi connectivity index (χ0v) is 23.2. The number of hydrogen-bond donors (Lipinski definition) is 2. The normalized spacial score (nSPS) is 9.95. The van der Waals surface area contributed by atoms with E-state index in [0.29, 0.717) is 11.1 Å². The second-order valence-electron chi connectivity index (χ2n) is 7.99. The number of hydrogen-bond acceptors (Lipinski definition) is 8. The van der Waals surface area contributed by atoms with Gasteiger partial charge in [-0.25, -0.2) is 31.9 Å². The summed E-state index contributed by atoms with van der Waals surface area (Å²) in [4.78, 5) is 44.7. The SMILES string of the molecule is CO/C=C/C=C(C(=O)OC)C(=O)OC.NCc1ccc(F)c(F)c1.O=C(O)c1cccn(Cc2ccc(F)c(F)c2)c1=O. The van der Waals surface area contributed by atoms with Crippen molar-refractivity contribution in [1.29, 1.82) is 0 Å². The van der Waals surface area contributed by atoms with Gasteiger partial charge in [-0.05, 0) is 59.7 Å². The highest BCUT2D eigenvalue weighted by Gasteiger charge is 2.18. The molecule has 0 fully saturated rings. The molecule has 0 aliphatic carbocycles. The lowest BCUT2D eigenvalue weighted by Gasteiger charge is -2.07. The molecule has 0 saturated heterocycles. The number of carbonyl (C=O) groups excluding carboxylic acids is 2. The fourth-order valence-electron chi connectivity index (χ4n) is 2.98. The molecule has 14 heteroatoms. The smallest absolute Gasteiger partial charge is 0.345 e. The number of carboxylic acid groups (broad SMARTS) is 1. The van der Waals surface area contributed by atoms with Crippen molar-refractivity contribution in [3.05, 3.63) is 129 Å². The van der Waals surface area contributed by atoms with Crippen LogP contribution >= 0.6 is 0 Å². The highest BCUT2D eigenvalue weighted by molar-refractivity contribution is 6.14. The summed E-state index contributed by atoms with van der Waals surface area (Å²) in [7, 11) is 3.80. The summed E-state index contributed by atoms with van der Waals surface area (Å²) in [6, 6.07) is 9.46. The Morgan fingerprint density at radius 1 is 0.860 bits per heavy atom. The molecule has 0 radical (unpaired) electrons. The van der Waals surface area contributed by atoms with Gasteiger partial charge in [-0.2, -0.15) is 0 Å². The molecule has 1 heterocycles. The number of ether oxygens (including phenoxy) is 3. The summed E-state index contributed by atoms with van der Waals surface area (Å²) in [6.45, 7) is 0.203. The molecule has 10 nitrogen and oxygen atoms in total. The van der Waals surface area contributed by atoms with Gasteiger partial charge < -0.3 is 29.6 Å². The maximum absolute atomic E-state index is 13.0. The molecule has 0 aliphatic rings. The van der Waals surface area contributed by atoms with Gasteiger partial charge in [-0.1, -0.05) is 12.1 Å². The van der Waals surface area contributed by atoms with Gasteiger partial charge in [-0.15, -0.1) is 0 Å². The number of rotatable bonds is 8. The summed E-state index contributed by atoms with van der Waals surface area (Å²) in [5, 5.41) is 8.81. The highest BCUT2D eigenvalue weighted by atomic mass is 19.2. The first-order chi connectivity index (χ1) is 20.4. The van der Waals surface area contributed by atoms with Gasteiger partial charge in [0.1, 0.15) is 11.1 Å². The Hall–Kier alpha value is -5.24. The summed E-state index contributed by atoms with van der Waals surface area (Å²) >= 11 is 0. The topological polar surface area (TPSA) is 147 Å². The second kappa shape index (κ2) is 18.2. The zero-order chi connectivity index (χ0) is 32.5. The summed E-state index contributed by atoms with van der Waals surface area (Å²) in [6.07, 6.45) is 5.34. The van der Waals surface area contributed by atoms with Crippen molar-refractivity contribution in [2.75, 3.05) is 21.3 Å². The number of benzene rings is 2. The molecule has 2 aromatic carbocycles. The lowest BCUT2D eigenvalue weighted by atomic mass is 10.2. The molecule has 0 aliphatic heterocycles. The number of aromatic carboxylic acids is 1. The quantitative estimate of drug-likeness (QED) is 0.0743. The number of esters is 2. The number of aromatic nitrogens is 1. The standard InChI is InChI=1S/C13H9F2NO3.C9H12O5.C7H7F2N/c14-10-4-3-8(6-11(10)15)7-16-5-1-2-9(12(16)17)13(18)19;1-12-6-4-5-7(8(10)13-2)9(11)14-3;8-6-2-1-5(4-10)3-7(6)9/h1-6H,7H2,(H,18,19);4-6H,1-3H3;1-3H,4,10H2/b;6-4+;. The fraction of sp³-hybridized carbons (Fsp3) is 0.172. The third kappa shape index (κ3) is 11.6. The first kappa shape index (κ1) is 35.8. The maximum atomic E-state index is 13.0. The maximum Gasteiger partial charge on any atom is 0.345 e. The van der Waals surface area contributed by atoms with Crippen molar-refractivity contribution in [3.63, 3.8) is 0 Å². The van der Waals surface area contributed by atoms with E-state index in [4.69, 9.17) is 10.8 Å². The van der Waals surface area contributed by atoms with Gasteiger partial charge >= 0.3 is 17.9 Å². The van der Waals surface area contributed by atoms with Gasteiger partial charge in [0.25, 0.3) is 5.56 Å². The van der Waals surface area contributed by atoms with Crippen molar-refractivity contribution in [2.24, 2.45) is 5.73 Å². The van der Waals surface area contributed by atoms with Crippen LogP contribution in [0.1, 0.15) is 21.5 Å². The Balaban J connectivity index is 0.000000341. The Morgan fingerprint density at radius 3 is 1.86 bits per heavy atom. The lowest BCUT2D eigenvalue weighted by molar-refractivity contribution is -0.144. The van der Waals surface area contributed by atoms with Crippen molar-refractivity contribution >= 4 is 17.9 Å². The molecule has 3 aromatic rings.